The lowest BCUT2D eigenvalue weighted by atomic mass is 10.1. The molecule has 0 atom stereocenters. The average molecular weight is 285 g/mol. The molecule has 0 saturated carbocycles. The number of hydrogen-bond donors (Lipinski definition) is 1. The van der Waals surface area contributed by atoms with Gasteiger partial charge >= 0.3 is 5.97 Å². The van der Waals surface area contributed by atoms with Crippen molar-refractivity contribution in [1.82, 2.24) is 4.98 Å². The molecule has 1 heterocycles. The van der Waals surface area contributed by atoms with Gasteiger partial charge in [-0.25, -0.2) is 9.18 Å². The molecule has 3 rings (SSSR count). The van der Waals surface area contributed by atoms with Crippen molar-refractivity contribution in [2.75, 3.05) is 0 Å². The van der Waals surface area contributed by atoms with E-state index in [2.05, 4.69) is 4.98 Å². The number of pyridine rings is 1. The quantitative estimate of drug-likeness (QED) is 0.940. The zero-order valence-electron chi connectivity index (χ0n) is 11.3. The van der Waals surface area contributed by atoms with E-state index in [0.29, 0.717) is 34.8 Å². The van der Waals surface area contributed by atoms with Crippen LogP contribution in [0.4, 0.5) is 4.39 Å². The summed E-state index contributed by atoms with van der Waals surface area (Å²) in [6, 6.07) is 5.95. The van der Waals surface area contributed by atoms with Gasteiger partial charge in [-0.3, -0.25) is 4.98 Å². The van der Waals surface area contributed by atoms with E-state index in [9.17, 15) is 9.18 Å². The molecule has 106 valence electrons. The third-order valence-corrected chi connectivity index (χ3v) is 3.35. The van der Waals surface area contributed by atoms with Gasteiger partial charge in [0.2, 0.25) is 0 Å². The van der Waals surface area contributed by atoms with E-state index in [4.69, 9.17) is 9.84 Å². The number of aromatic nitrogens is 1. The number of carboxylic acids is 1. The van der Waals surface area contributed by atoms with Crippen LogP contribution >= 0.6 is 0 Å². The van der Waals surface area contributed by atoms with Gasteiger partial charge in [0.1, 0.15) is 17.3 Å². The number of aryl methyl sites for hydroxylation is 1. The number of carboxylic acid groups (broad SMARTS) is 1. The van der Waals surface area contributed by atoms with E-state index in [1.807, 2.05) is 0 Å². The first kappa shape index (κ1) is 13.3. The summed E-state index contributed by atoms with van der Waals surface area (Å²) >= 11 is 0. The highest BCUT2D eigenvalue weighted by Crippen LogP contribution is 2.29. The second kappa shape index (κ2) is 5.01. The number of rotatable bonds is 3. The Morgan fingerprint density at radius 1 is 1.38 bits per heavy atom. The molecule has 4 nitrogen and oxygen atoms in total. The van der Waals surface area contributed by atoms with Gasteiger partial charge in [-0.05, 0) is 42.3 Å². The molecule has 1 aliphatic carbocycles. The molecule has 2 aromatic rings. The van der Waals surface area contributed by atoms with Crippen LogP contribution in [0.3, 0.4) is 0 Å². The van der Waals surface area contributed by atoms with Crippen molar-refractivity contribution in [1.29, 1.82) is 0 Å². The Morgan fingerprint density at radius 2 is 2.19 bits per heavy atom. The fourth-order valence-corrected chi connectivity index (χ4v) is 2.29. The van der Waals surface area contributed by atoms with Gasteiger partial charge in [0.05, 0.1) is 11.3 Å². The summed E-state index contributed by atoms with van der Waals surface area (Å²) < 4.78 is 18.9. The maximum Gasteiger partial charge on any atom is 0.336 e. The van der Waals surface area contributed by atoms with Crippen LogP contribution in [0.25, 0.3) is 6.08 Å². The summed E-state index contributed by atoms with van der Waals surface area (Å²) in [7, 11) is 0. The zero-order chi connectivity index (χ0) is 15.0. The molecule has 0 aliphatic heterocycles. The number of nitrogens with zero attached hydrogens (tertiary/aromatic N) is 1. The van der Waals surface area contributed by atoms with Crippen molar-refractivity contribution in [2.45, 2.75) is 13.3 Å². The molecule has 0 saturated heterocycles. The van der Waals surface area contributed by atoms with Gasteiger partial charge in [-0.1, -0.05) is 0 Å². The predicted molar refractivity (Wildman–Crippen MR) is 74.6 cm³/mol. The highest BCUT2D eigenvalue weighted by atomic mass is 19.1. The van der Waals surface area contributed by atoms with Crippen molar-refractivity contribution >= 4 is 12.0 Å². The standard InChI is InChI=1S/C16H12FNO3/c1-9-6-10(2-3-14(9)17)21-11-7-13-12(16(19)20)4-5-18-15(13)8-11/h2-6,8H,7H2,1H3,(H,19,20). The van der Waals surface area contributed by atoms with Gasteiger partial charge in [-0.15, -0.1) is 0 Å². The van der Waals surface area contributed by atoms with Gasteiger partial charge < -0.3 is 9.84 Å². The maximum atomic E-state index is 13.2. The van der Waals surface area contributed by atoms with Crippen molar-refractivity contribution in [3.63, 3.8) is 0 Å². The minimum absolute atomic E-state index is 0.227. The molecule has 1 aromatic carbocycles. The molecular formula is C16H12FNO3. The van der Waals surface area contributed by atoms with Crippen LogP contribution in [0.15, 0.2) is 36.2 Å². The number of carbonyl (C=O) groups is 1. The summed E-state index contributed by atoms with van der Waals surface area (Å²) in [5, 5.41) is 9.16. The lowest BCUT2D eigenvalue weighted by Crippen LogP contribution is -2.04. The lowest BCUT2D eigenvalue weighted by molar-refractivity contribution is 0.0695. The summed E-state index contributed by atoms with van der Waals surface area (Å²) in [6.07, 6.45) is 3.53. The maximum absolute atomic E-state index is 13.2. The minimum Gasteiger partial charge on any atom is -0.478 e. The van der Waals surface area contributed by atoms with E-state index in [-0.39, 0.29) is 11.4 Å². The van der Waals surface area contributed by atoms with Crippen LogP contribution < -0.4 is 4.74 Å². The molecule has 0 spiro atoms. The molecular weight excluding hydrogens is 273 g/mol. The lowest BCUT2D eigenvalue weighted by Gasteiger charge is -2.08. The smallest absolute Gasteiger partial charge is 0.336 e. The third-order valence-electron chi connectivity index (χ3n) is 3.35. The Morgan fingerprint density at radius 3 is 2.90 bits per heavy atom. The highest BCUT2D eigenvalue weighted by molar-refractivity contribution is 5.91. The Hall–Kier alpha value is -2.69. The second-order valence-electron chi connectivity index (χ2n) is 4.83. The van der Waals surface area contributed by atoms with Gasteiger partial charge in [-0.2, -0.15) is 0 Å². The number of benzene rings is 1. The Kier molecular flexibility index (Phi) is 3.17. The van der Waals surface area contributed by atoms with Gasteiger partial charge in [0.25, 0.3) is 0 Å². The van der Waals surface area contributed by atoms with Crippen molar-refractivity contribution < 1.29 is 19.0 Å². The Bertz CT molecular complexity index is 768. The van der Waals surface area contributed by atoms with Crippen LogP contribution in [0, 0.1) is 12.7 Å². The molecule has 1 aliphatic rings. The fraction of sp³-hybridized carbons (Fsp3) is 0.125. The molecule has 0 unspecified atom stereocenters. The van der Waals surface area contributed by atoms with Crippen molar-refractivity contribution in [3.8, 4) is 5.75 Å². The summed E-state index contributed by atoms with van der Waals surface area (Å²) in [5.74, 6) is -0.163. The fourth-order valence-electron chi connectivity index (χ4n) is 2.29. The first-order valence-electron chi connectivity index (χ1n) is 6.40. The van der Waals surface area contributed by atoms with Crippen LogP contribution in [0.5, 0.6) is 5.75 Å². The third kappa shape index (κ3) is 2.50. The molecule has 0 radical (unpaired) electrons. The first-order chi connectivity index (χ1) is 10.0. The monoisotopic (exact) mass is 285 g/mol. The zero-order valence-corrected chi connectivity index (χ0v) is 11.3. The van der Waals surface area contributed by atoms with E-state index in [1.54, 1.807) is 19.1 Å². The molecule has 0 bridgehead atoms. The summed E-state index contributed by atoms with van der Waals surface area (Å²) in [5.41, 5.74) is 1.96. The van der Waals surface area contributed by atoms with Gasteiger partial charge in [0.15, 0.2) is 0 Å². The van der Waals surface area contributed by atoms with Crippen LogP contribution in [-0.2, 0) is 6.42 Å². The SMILES string of the molecule is Cc1cc(OC2=Cc3nccc(C(=O)O)c3C2)ccc1F. The average Bonchev–Trinajstić information content (AvgIpc) is 2.84. The van der Waals surface area contributed by atoms with Crippen LogP contribution in [-0.4, -0.2) is 16.1 Å². The summed E-state index contributed by atoms with van der Waals surface area (Å²) in [6.45, 7) is 1.66. The largest absolute Gasteiger partial charge is 0.478 e. The van der Waals surface area contributed by atoms with E-state index in [0.717, 1.165) is 0 Å². The molecule has 21 heavy (non-hydrogen) atoms. The summed E-state index contributed by atoms with van der Waals surface area (Å²) in [4.78, 5) is 15.3. The van der Waals surface area contributed by atoms with E-state index < -0.39 is 5.97 Å². The Labute approximate surface area is 120 Å². The van der Waals surface area contributed by atoms with E-state index >= 15 is 0 Å². The molecule has 1 aromatic heterocycles. The predicted octanol–water partition coefficient (Wildman–Crippen LogP) is 3.20. The number of aromatic carboxylic acids is 1. The number of hydrogen-bond acceptors (Lipinski definition) is 3. The number of fused-ring (bicyclic) bond motifs is 1. The number of ether oxygens (including phenoxy) is 1. The van der Waals surface area contributed by atoms with Crippen LogP contribution in [0.1, 0.15) is 27.2 Å². The van der Waals surface area contributed by atoms with Crippen molar-refractivity contribution in [3.05, 3.63) is 64.4 Å². The highest BCUT2D eigenvalue weighted by Gasteiger charge is 2.22. The minimum atomic E-state index is -0.985. The van der Waals surface area contributed by atoms with Crippen molar-refractivity contribution in [2.24, 2.45) is 0 Å². The number of allylic oxidation sites excluding steroid dienone is 1. The first-order valence-corrected chi connectivity index (χ1v) is 6.40. The molecule has 5 heteroatoms. The molecule has 1 N–H and O–H groups in total. The van der Waals surface area contributed by atoms with Gasteiger partial charge in [0, 0.05) is 18.7 Å². The van der Waals surface area contributed by atoms with Crippen LogP contribution in [0.2, 0.25) is 0 Å². The normalized spacial score (nSPS) is 12.8. The molecule has 0 fully saturated rings. The topological polar surface area (TPSA) is 59.4 Å². The number of halogens is 1. The molecule has 0 amide bonds. The Balaban J connectivity index is 1.85. The van der Waals surface area contributed by atoms with E-state index in [1.165, 1.54) is 24.4 Å². The second-order valence-corrected chi connectivity index (χ2v) is 4.83.